The van der Waals surface area contributed by atoms with Gasteiger partial charge in [-0.25, -0.2) is 4.98 Å². The summed E-state index contributed by atoms with van der Waals surface area (Å²) in [7, 11) is 4.00. The van der Waals surface area contributed by atoms with E-state index in [4.69, 9.17) is 0 Å². The molecule has 88 valence electrons. The van der Waals surface area contributed by atoms with Crippen molar-refractivity contribution in [2.45, 2.75) is 13.8 Å². The summed E-state index contributed by atoms with van der Waals surface area (Å²) in [5, 5.41) is 0. The third-order valence-electron chi connectivity index (χ3n) is 2.90. The molecule has 2 nitrogen and oxygen atoms in total. The van der Waals surface area contributed by atoms with Crippen LogP contribution in [0.5, 0.6) is 0 Å². The Labute approximate surface area is 103 Å². The van der Waals surface area contributed by atoms with E-state index in [2.05, 4.69) is 49.2 Å². The summed E-state index contributed by atoms with van der Waals surface area (Å²) in [5.74, 6) is 0.985. The standard InChI is InChI=1S/C15H18N2/c1-11-5-7-14(12(2)9-11)13-6-8-15(16-10-13)17(3)4/h5-10H,1-4H3. The predicted octanol–water partition coefficient (Wildman–Crippen LogP) is 3.43. The zero-order valence-electron chi connectivity index (χ0n) is 10.9. The van der Waals surface area contributed by atoms with Crippen LogP contribution in [0, 0.1) is 13.8 Å². The van der Waals surface area contributed by atoms with Gasteiger partial charge in [-0.2, -0.15) is 0 Å². The molecule has 2 aromatic rings. The van der Waals surface area contributed by atoms with Crippen LogP contribution in [-0.4, -0.2) is 19.1 Å². The maximum absolute atomic E-state index is 4.44. The van der Waals surface area contributed by atoms with Crippen molar-refractivity contribution in [3.05, 3.63) is 47.7 Å². The van der Waals surface area contributed by atoms with Crippen LogP contribution >= 0.6 is 0 Å². The Kier molecular flexibility index (Phi) is 3.14. The lowest BCUT2D eigenvalue weighted by atomic mass is 10.0. The highest BCUT2D eigenvalue weighted by Crippen LogP contribution is 2.24. The molecule has 0 saturated heterocycles. The molecule has 2 heteroatoms. The summed E-state index contributed by atoms with van der Waals surface area (Å²) in [6.45, 7) is 4.26. The fourth-order valence-corrected chi connectivity index (χ4v) is 1.95. The fraction of sp³-hybridized carbons (Fsp3) is 0.267. The molecule has 0 bridgehead atoms. The van der Waals surface area contributed by atoms with E-state index in [1.54, 1.807) is 0 Å². The van der Waals surface area contributed by atoms with Gasteiger partial charge in [-0.05, 0) is 37.1 Å². The monoisotopic (exact) mass is 226 g/mol. The third-order valence-corrected chi connectivity index (χ3v) is 2.90. The van der Waals surface area contributed by atoms with Gasteiger partial charge < -0.3 is 4.90 Å². The molecule has 0 radical (unpaired) electrons. The molecule has 0 aliphatic heterocycles. The van der Waals surface area contributed by atoms with Gasteiger partial charge in [-0.3, -0.25) is 0 Å². The van der Waals surface area contributed by atoms with E-state index in [1.165, 1.54) is 22.3 Å². The minimum absolute atomic E-state index is 0.985. The van der Waals surface area contributed by atoms with Crippen LogP contribution in [0.2, 0.25) is 0 Å². The maximum atomic E-state index is 4.44. The summed E-state index contributed by atoms with van der Waals surface area (Å²) < 4.78 is 0. The molecule has 1 aromatic heterocycles. The van der Waals surface area contributed by atoms with E-state index in [1.807, 2.05) is 25.2 Å². The molecule has 0 aliphatic carbocycles. The molecule has 0 unspecified atom stereocenters. The van der Waals surface area contributed by atoms with Crippen molar-refractivity contribution in [2.75, 3.05) is 19.0 Å². The molecule has 0 amide bonds. The van der Waals surface area contributed by atoms with E-state index in [9.17, 15) is 0 Å². The topological polar surface area (TPSA) is 16.1 Å². The van der Waals surface area contributed by atoms with Gasteiger partial charge in [0.2, 0.25) is 0 Å². The average Bonchev–Trinajstić information content (AvgIpc) is 2.29. The van der Waals surface area contributed by atoms with Crippen molar-refractivity contribution in [2.24, 2.45) is 0 Å². The number of hydrogen-bond donors (Lipinski definition) is 0. The second-order valence-corrected chi connectivity index (χ2v) is 4.62. The van der Waals surface area contributed by atoms with E-state index in [0.29, 0.717) is 0 Å². The second-order valence-electron chi connectivity index (χ2n) is 4.62. The molecule has 1 aromatic carbocycles. The van der Waals surface area contributed by atoms with Crippen molar-refractivity contribution in [1.82, 2.24) is 4.98 Å². The first-order chi connectivity index (χ1) is 8.08. The molecule has 0 spiro atoms. The lowest BCUT2D eigenvalue weighted by Crippen LogP contribution is -2.10. The van der Waals surface area contributed by atoms with Crippen molar-refractivity contribution in [3.63, 3.8) is 0 Å². The highest BCUT2D eigenvalue weighted by Gasteiger charge is 2.03. The minimum atomic E-state index is 0.985. The molecule has 0 aliphatic rings. The molecular weight excluding hydrogens is 208 g/mol. The van der Waals surface area contributed by atoms with Crippen molar-refractivity contribution in [1.29, 1.82) is 0 Å². The van der Waals surface area contributed by atoms with Crippen molar-refractivity contribution >= 4 is 5.82 Å². The van der Waals surface area contributed by atoms with Crippen LogP contribution in [0.15, 0.2) is 36.5 Å². The summed E-state index contributed by atoms with van der Waals surface area (Å²) in [4.78, 5) is 6.45. The first kappa shape index (κ1) is 11.6. The summed E-state index contributed by atoms with van der Waals surface area (Å²) in [5.41, 5.74) is 5.02. The van der Waals surface area contributed by atoms with E-state index in [-0.39, 0.29) is 0 Å². The van der Waals surface area contributed by atoms with Gasteiger partial charge in [-0.15, -0.1) is 0 Å². The summed E-state index contributed by atoms with van der Waals surface area (Å²) in [6.07, 6.45) is 1.94. The Morgan fingerprint density at radius 1 is 1.00 bits per heavy atom. The molecule has 2 rings (SSSR count). The zero-order valence-corrected chi connectivity index (χ0v) is 10.9. The molecule has 0 fully saturated rings. The lowest BCUT2D eigenvalue weighted by Gasteiger charge is -2.12. The SMILES string of the molecule is Cc1ccc(-c2ccc(N(C)C)nc2)c(C)c1. The number of rotatable bonds is 2. The second kappa shape index (κ2) is 4.58. The molecular formula is C15H18N2. The largest absolute Gasteiger partial charge is 0.363 e. The molecule has 0 saturated carbocycles. The number of hydrogen-bond acceptors (Lipinski definition) is 2. The maximum Gasteiger partial charge on any atom is 0.127 e. The Morgan fingerprint density at radius 3 is 2.29 bits per heavy atom. The van der Waals surface area contributed by atoms with Gasteiger partial charge in [-0.1, -0.05) is 23.8 Å². The van der Waals surface area contributed by atoms with Gasteiger partial charge in [0.15, 0.2) is 0 Å². The third kappa shape index (κ3) is 2.47. The van der Waals surface area contributed by atoms with Gasteiger partial charge >= 0.3 is 0 Å². The average molecular weight is 226 g/mol. The van der Waals surface area contributed by atoms with Crippen LogP contribution < -0.4 is 4.90 Å². The lowest BCUT2D eigenvalue weighted by molar-refractivity contribution is 1.07. The van der Waals surface area contributed by atoms with Gasteiger partial charge in [0.25, 0.3) is 0 Å². The van der Waals surface area contributed by atoms with E-state index in [0.717, 1.165) is 5.82 Å². The fourth-order valence-electron chi connectivity index (χ4n) is 1.95. The zero-order chi connectivity index (χ0) is 12.4. The quantitative estimate of drug-likeness (QED) is 0.780. The number of anilines is 1. The number of pyridine rings is 1. The van der Waals surface area contributed by atoms with Crippen LogP contribution in [0.3, 0.4) is 0 Å². The first-order valence-corrected chi connectivity index (χ1v) is 5.79. The van der Waals surface area contributed by atoms with Crippen LogP contribution in [0.25, 0.3) is 11.1 Å². The van der Waals surface area contributed by atoms with Gasteiger partial charge in [0.1, 0.15) is 5.82 Å². The Morgan fingerprint density at radius 2 is 1.76 bits per heavy atom. The Balaban J connectivity index is 2.40. The van der Waals surface area contributed by atoms with Crippen LogP contribution in [-0.2, 0) is 0 Å². The summed E-state index contributed by atoms with van der Waals surface area (Å²) >= 11 is 0. The number of aryl methyl sites for hydroxylation is 2. The molecule has 0 N–H and O–H groups in total. The Hall–Kier alpha value is -1.83. The number of benzene rings is 1. The van der Waals surface area contributed by atoms with Crippen molar-refractivity contribution < 1.29 is 0 Å². The molecule has 1 heterocycles. The summed E-state index contributed by atoms with van der Waals surface area (Å²) in [6, 6.07) is 10.7. The van der Waals surface area contributed by atoms with Crippen LogP contribution in [0.4, 0.5) is 5.82 Å². The normalized spacial score (nSPS) is 10.4. The molecule has 17 heavy (non-hydrogen) atoms. The first-order valence-electron chi connectivity index (χ1n) is 5.79. The van der Waals surface area contributed by atoms with E-state index >= 15 is 0 Å². The van der Waals surface area contributed by atoms with Gasteiger partial charge in [0, 0.05) is 25.9 Å². The van der Waals surface area contributed by atoms with Crippen molar-refractivity contribution in [3.8, 4) is 11.1 Å². The predicted molar refractivity (Wildman–Crippen MR) is 73.5 cm³/mol. The minimum Gasteiger partial charge on any atom is -0.363 e. The Bertz CT molecular complexity index is 513. The highest BCUT2D eigenvalue weighted by atomic mass is 15.1. The number of aromatic nitrogens is 1. The van der Waals surface area contributed by atoms with Crippen LogP contribution in [0.1, 0.15) is 11.1 Å². The van der Waals surface area contributed by atoms with E-state index < -0.39 is 0 Å². The molecule has 0 atom stereocenters. The highest BCUT2D eigenvalue weighted by molar-refractivity contribution is 5.67. The number of nitrogens with zero attached hydrogens (tertiary/aromatic N) is 2. The van der Waals surface area contributed by atoms with Gasteiger partial charge in [0.05, 0.1) is 0 Å². The smallest absolute Gasteiger partial charge is 0.127 e.